The molecule has 2 heterocycles. The van der Waals surface area contributed by atoms with Gasteiger partial charge in [-0.05, 0) is 24.3 Å². The van der Waals surface area contributed by atoms with E-state index in [1.807, 2.05) is 53.4 Å². The Balaban J connectivity index is 1.19. The van der Waals surface area contributed by atoms with Crippen molar-refractivity contribution in [2.75, 3.05) is 42.1 Å². The van der Waals surface area contributed by atoms with Crippen LogP contribution in [-0.4, -0.2) is 58.8 Å². The number of benzene rings is 2. The highest BCUT2D eigenvalue weighted by atomic mass is 32.2. The van der Waals surface area contributed by atoms with Crippen molar-refractivity contribution >= 4 is 46.3 Å². The first-order valence-corrected chi connectivity index (χ1v) is 12.0. The minimum atomic E-state index is -0.271. The molecule has 4 rings (SSSR count). The molecule has 0 aliphatic carbocycles. The van der Waals surface area contributed by atoms with Gasteiger partial charge in [-0.15, -0.1) is 22.0 Å². The SMILES string of the molecule is O=C(Nc1ccccc1)c1nnc(CSCC(=O)N2CCN(c3ccccc3)CC2)s1. The molecule has 1 fully saturated rings. The van der Waals surface area contributed by atoms with Crippen molar-refractivity contribution in [3.8, 4) is 0 Å². The van der Waals surface area contributed by atoms with Gasteiger partial charge in [-0.3, -0.25) is 9.59 Å². The van der Waals surface area contributed by atoms with Gasteiger partial charge < -0.3 is 15.1 Å². The second kappa shape index (κ2) is 10.4. The third-order valence-corrected chi connectivity index (χ3v) is 6.93. The number of hydrogen-bond donors (Lipinski definition) is 1. The van der Waals surface area contributed by atoms with Crippen LogP contribution in [-0.2, 0) is 10.5 Å². The number of anilines is 2. The minimum absolute atomic E-state index is 0.143. The summed E-state index contributed by atoms with van der Waals surface area (Å²) in [5.74, 6) is 0.833. The van der Waals surface area contributed by atoms with Gasteiger partial charge in [0, 0.05) is 43.3 Å². The molecule has 2 amide bonds. The number of carbonyl (C=O) groups is 2. The van der Waals surface area contributed by atoms with Gasteiger partial charge in [-0.1, -0.05) is 47.7 Å². The monoisotopic (exact) mass is 453 g/mol. The number of carbonyl (C=O) groups excluding carboxylic acids is 2. The van der Waals surface area contributed by atoms with Gasteiger partial charge in [0.25, 0.3) is 5.91 Å². The summed E-state index contributed by atoms with van der Waals surface area (Å²) in [5.41, 5.74) is 1.92. The van der Waals surface area contributed by atoms with Gasteiger partial charge in [-0.2, -0.15) is 0 Å². The minimum Gasteiger partial charge on any atom is -0.368 e. The highest BCUT2D eigenvalue weighted by Crippen LogP contribution is 2.20. The summed E-state index contributed by atoms with van der Waals surface area (Å²) in [6.07, 6.45) is 0. The predicted molar refractivity (Wildman–Crippen MR) is 126 cm³/mol. The van der Waals surface area contributed by atoms with Crippen molar-refractivity contribution in [1.29, 1.82) is 0 Å². The zero-order valence-electron chi connectivity index (χ0n) is 16.9. The van der Waals surface area contributed by atoms with Crippen molar-refractivity contribution in [1.82, 2.24) is 15.1 Å². The molecule has 3 aromatic rings. The first-order valence-electron chi connectivity index (χ1n) is 10.0. The summed E-state index contributed by atoms with van der Waals surface area (Å²) in [5, 5.41) is 11.9. The summed E-state index contributed by atoms with van der Waals surface area (Å²) in [7, 11) is 0. The second-order valence-corrected chi connectivity index (χ2v) is 9.06. The van der Waals surface area contributed by atoms with E-state index in [0.29, 0.717) is 16.5 Å². The molecule has 1 saturated heterocycles. The Morgan fingerprint density at radius 1 is 0.935 bits per heavy atom. The molecule has 1 aliphatic rings. The lowest BCUT2D eigenvalue weighted by molar-refractivity contribution is -0.128. The number of rotatable bonds is 7. The van der Waals surface area contributed by atoms with Crippen LogP contribution in [0.25, 0.3) is 0 Å². The first kappa shape index (κ1) is 21.3. The van der Waals surface area contributed by atoms with Crippen LogP contribution in [0.5, 0.6) is 0 Å². The van der Waals surface area contributed by atoms with Gasteiger partial charge in [0.1, 0.15) is 5.01 Å². The van der Waals surface area contributed by atoms with Crippen LogP contribution in [0.1, 0.15) is 14.8 Å². The molecule has 1 aromatic heterocycles. The summed E-state index contributed by atoms with van der Waals surface area (Å²) in [4.78, 5) is 29.0. The van der Waals surface area contributed by atoms with E-state index < -0.39 is 0 Å². The van der Waals surface area contributed by atoms with Crippen LogP contribution < -0.4 is 10.2 Å². The Kier molecular flexibility index (Phi) is 7.16. The Morgan fingerprint density at radius 3 is 2.32 bits per heavy atom. The smallest absolute Gasteiger partial charge is 0.286 e. The van der Waals surface area contributed by atoms with Crippen molar-refractivity contribution in [3.63, 3.8) is 0 Å². The van der Waals surface area contributed by atoms with Crippen LogP contribution >= 0.6 is 23.1 Å². The third-order valence-electron chi connectivity index (χ3n) is 4.90. The third kappa shape index (κ3) is 5.83. The summed E-state index contributed by atoms with van der Waals surface area (Å²) < 4.78 is 0. The van der Waals surface area contributed by atoms with Crippen molar-refractivity contribution < 1.29 is 9.59 Å². The number of amides is 2. The van der Waals surface area contributed by atoms with Gasteiger partial charge in [0.15, 0.2) is 0 Å². The molecular weight excluding hydrogens is 430 g/mol. The molecule has 9 heteroatoms. The number of piperazine rings is 1. The Bertz CT molecular complexity index is 1010. The molecule has 1 aliphatic heterocycles. The zero-order chi connectivity index (χ0) is 21.5. The lowest BCUT2D eigenvalue weighted by Crippen LogP contribution is -2.49. The van der Waals surface area contributed by atoms with E-state index in [9.17, 15) is 9.59 Å². The summed E-state index contributed by atoms with van der Waals surface area (Å²) in [6.45, 7) is 3.15. The molecule has 0 spiro atoms. The van der Waals surface area contributed by atoms with Crippen molar-refractivity contribution in [2.24, 2.45) is 0 Å². The Labute approximate surface area is 189 Å². The maximum absolute atomic E-state index is 12.5. The fraction of sp³-hybridized carbons (Fsp3) is 0.273. The maximum Gasteiger partial charge on any atom is 0.286 e. The molecular formula is C22H23N5O2S2. The van der Waals surface area contributed by atoms with E-state index in [1.165, 1.54) is 28.8 Å². The van der Waals surface area contributed by atoms with E-state index in [4.69, 9.17) is 0 Å². The number of nitrogens with zero attached hydrogens (tertiary/aromatic N) is 4. The quantitative estimate of drug-likeness (QED) is 0.591. The van der Waals surface area contributed by atoms with E-state index in [-0.39, 0.29) is 11.8 Å². The molecule has 0 saturated carbocycles. The van der Waals surface area contributed by atoms with Crippen molar-refractivity contribution in [2.45, 2.75) is 5.75 Å². The molecule has 1 N–H and O–H groups in total. The predicted octanol–water partition coefficient (Wildman–Crippen LogP) is 3.37. The van der Waals surface area contributed by atoms with Gasteiger partial charge in [-0.25, -0.2) is 0 Å². The maximum atomic E-state index is 12.5. The second-order valence-electron chi connectivity index (χ2n) is 7.02. The van der Waals surface area contributed by atoms with Crippen molar-refractivity contribution in [3.05, 3.63) is 70.7 Å². The zero-order valence-corrected chi connectivity index (χ0v) is 18.6. The number of para-hydroxylation sites is 2. The molecule has 0 radical (unpaired) electrons. The number of nitrogens with one attached hydrogen (secondary N) is 1. The van der Waals surface area contributed by atoms with E-state index in [1.54, 1.807) is 0 Å². The summed E-state index contributed by atoms with van der Waals surface area (Å²) in [6, 6.07) is 19.5. The lowest BCUT2D eigenvalue weighted by atomic mass is 10.2. The summed E-state index contributed by atoms with van der Waals surface area (Å²) >= 11 is 2.76. The van der Waals surface area contributed by atoms with Gasteiger partial charge in [0.2, 0.25) is 10.9 Å². The molecule has 0 unspecified atom stereocenters. The highest BCUT2D eigenvalue weighted by Gasteiger charge is 2.21. The fourth-order valence-corrected chi connectivity index (χ4v) is 4.99. The Morgan fingerprint density at radius 2 is 1.61 bits per heavy atom. The standard InChI is InChI=1S/C22H23N5O2S2/c28-20(27-13-11-26(12-14-27)18-9-5-2-6-10-18)16-30-15-19-24-25-22(31-19)21(29)23-17-7-3-1-4-8-17/h1-10H,11-16H2,(H,23,29). The van der Waals surface area contributed by atoms with E-state index in [0.717, 1.165) is 36.9 Å². The molecule has 7 nitrogen and oxygen atoms in total. The normalized spacial score (nSPS) is 13.8. The molecule has 31 heavy (non-hydrogen) atoms. The van der Waals surface area contributed by atoms with Gasteiger partial charge >= 0.3 is 0 Å². The lowest BCUT2D eigenvalue weighted by Gasteiger charge is -2.36. The van der Waals surface area contributed by atoms with Crippen LogP contribution in [0.3, 0.4) is 0 Å². The fourth-order valence-electron chi connectivity index (χ4n) is 3.28. The Hall–Kier alpha value is -2.91. The molecule has 160 valence electrons. The average molecular weight is 454 g/mol. The van der Waals surface area contributed by atoms with Crippen LogP contribution in [0.2, 0.25) is 0 Å². The molecule has 2 aromatic carbocycles. The number of aromatic nitrogens is 2. The topological polar surface area (TPSA) is 78.4 Å². The van der Waals surface area contributed by atoms with Crippen LogP contribution in [0.4, 0.5) is 11.4 Å². The van der Waals surface area contributed by atoms with E-state index >= 15 is 0 Å². The van der Waals surface area contributed by atoms with Gasteiger partial charge in [0.05, 0.1) is 5.75 Å². The van der Waals surface area contributed by atoms with Crippen LogP contribution in [0, 0.1) is 0 Å². The number of hydrogen-bond acceptors (Lipinski definition) is 7. The highest BCUT2D eigenvalue weighted by molar-refractivity contribution is 7.99. The number of thioether (sulfide) groups is 1. The molecule has 0 atom stereocenters. The van der Waals surface area contributed by atoms with E-state index in [2.05, 4.69) is 32.5 Å². The average Bonchev–Trinajstić information content (AvgIpc) is 3.29. The first-order chi connectivity index (χ1) is 15.2. The molecule has 0 bridgehead atoms. The van der Waals surface area contributed by atoms with Crippen LogP contribution in [0.15, 0.2) is 60.7 Å². The largest absolute Gasteiger partial charge is 0.368 e.